The highest BCUT2D eigenvalue weighted by molar-refractivity contribution is 7.89. The first kappa shape index (κ1) is 19.5. The van der Waals surface area contributed by atoms with E-state index in [1.165, 1.54) is 20.1 Å². The zero-order valence-corrected chi connectivity index (χ0v) is 16.4. The Balaban J connectivity index is 1.65. The van der Waals surface area contributed by atoms with Gasteiger partial charge in [0.25, 0.3) is 5.91 Å². The maximum atomic E-state index is 12.7. The SMILES string of the molecule is COCCN(C)C(=O)c1cn(C2CN(S(=O)(=O)c3c(C)noc3C)C2)nn1. The van der Waals surface area contributed by atoms with Gasteiger partial charge in [0.1, 0.15) is 10.6 Å². The summed E-state index contributed by atoms with van der Waals surface area (Å²) in [5, 5.41) is 11.6. The van der Waals surface area contributed by atoms with Crippen molar-refractivity contribution in [3.05, 3.63) is 23.3 Å². The summed E-state index contributed by atoms with van der Waals surface area (Å²) in [6, 6.07) is -0.182. The topological polar surface area (TPSA) is 124 Å². The van der Waals surface area contributed by atoms with Crippen molar-refractivity contribution in [1.82, 2.24) is 29.4 Å². The number of likely N-dealkylation sites (N-methyl/N-ethyl adjacent to an activating group) is 1. The molecule has 12 heteroatoms. The van der Waals surface area contributed by atoms with Crippen LogP contribution in [0.25, 0.3) is 0 Å². The summed E-state index contributed by atoms with van der Waals surface area (Å²) in [4.78, 5) is 13.9. The van der Waals surface area contributed by atoms with Crippen LogP contribution >= 0.6 is 0 Å². The second-order valence-corrected chi connectivity index (χ2v) is 8.31. The molecule has 1 aliphatic rings. The van der Waals surface area contributed by atoms with Gasteiger partial charge in [0.15, 0.2) is 11.5 Å². The molecule has 148 valence electrons. The van der Waals surface area contributed by atoms with E-state index in [2.05, 4.69) is 15.5 Å². The van der Waals surface area contributed by atoms with Gasteiger partial charge in [-0.1, -0.05) is 10.4 Å². The van der Waals surface area contributed by atoms with Gasteiger partial charge < -0.3 is 14.2 Å². The molecule has 2 aromatic heterocycles. The number of hydrogen-bond donors (Lipinski definition) is 0. The zero-order chi connectivity index (χ0) is 19.8. The largest absolute Gasteiger partial charge is 0.383 e. The van der Waals surface area contributed by atoms with Gasteiger partial charge in [-0.25, -0.2) is 13.1 Å². The molecule has 0 aromatic carbocycles. The maximum Gasteiger partial charge on any atom is 0.275 e. The van der Waals surface area contributed by atoms with Crippen molar-refractivity contribution in [1.29, 1.82) is 0 Å². The average Bonchev–Trinajstić information content (AvgIpc) is 3.17. The third kappa shape index (κ3) is 3.59. The van der Waals surface area contributed by atoms with Gasteiger partial charge in [0.2, 0.25) is 10.0 Å². The van der Waals surface area contributed by atoms with Crippen molar-refractivity contribution in [2.45, 2.75) is 24.8 Å². The van der Waals surface area contributed by atoms with Gasteiger partial charge >= 0.3 is 0 Å². The molecular weight excluding hydrogens is 376 g/mol. The Morgan fingerprint density at radius 3 is 2.70 bits per heavy atom. The lowest BCUT2D eigenvalue weighted by Gasteiger charge is -2.37. The molecule has 0 atom stereocenters. The highest BCUT2D eigenvalue weighted by Gasteiger charge is 2.41. The van der Waals surface area contributed by atoms with Crippen molar-refractivity contribution in [2.75, 3.05) is 40.4 Å². The summed E-state index contributed by atoms with van der Waals surface area (Å²) in [5.41, 5.74) is 0.546. The van der Waals surface area contributed by atoms with Crippen LogP contribution in [0.5, 0.6) is 0 Å². The van der Waals surface area contributed by atoms with Crippen LogP contribution in [0.1, 0.15) is 28.0 Å². The highest BCUT2D eigenvalue weighted by atomic mass is 32.2. The van der Waals surface area contributed by atoms with E-state index in [-0.39, 0.29) is 41.4 Å². The second-order valence-electron chi connectivity index (χ2n) is 6.43. The number of methoxy groups -OCH3 is 1. The predicted molar refractivity (Wildman–Crippen MR) is 92.6 cm³/mol. The normalized spacial score (nSPS) is 15.7. The van der Waals surface area contributed by atoms with E-state index in [9.17, 15) is 13.2 Å². The molecule has 0 radical (unpaired) electrons. The molecule has 1 aliphatic heterocycles. The Morgan fingerprint density at radius 1 is 1.41 bits per heavy atom. The highest BCUT2D eigenvalue weighted by Crippen LogP contribution is 2.30. The lowest BCUT2D eigenvalue weighted by atomic mass is 10.2. The molecule has 3 heterocycles. The third-order valence-electron chi connectivity index (χ3n) is 4.48. The minimum atomic E-state index is -3.67. The number of aryl methyl sites for hydroxylation is 2. The van der Waals surface area contributed by atoms with Crippen LogP contribution in [-0.4, -0.2) is 84.1 Å². The van der Waals surface area contributed by atoms with Crippen LogP contribution in [-0.2, 0) is 14.8 Å². The molecule has 1 amide bonds. The number of carbonyl (C=O) groups is 1. The summed E-state index contributed by atoms with van der Waals surface area (Å²) in [6.07, 6.45) is 1.54. The van der Waals surface area contributed by atoms with E-state index in [4.69, 9.17) is 9.26 Å². The summed E-state index contributed by atoms with van der Waals surface area (Å²) in [7, 11) is -0.450. The number of amides is 1. The molecule has 2 aromatic rings. The average molecular weight is 398 g/mol. The van der Waals surface area contributed by atoms with Crippen molar-refractivity contribution >= 4 is 15.9 Å². The van der Waals surface area contributed by atoms with Crippen LogP contribution in [0.2, 0.25) is 0 Å². The molecule has 0 spiro atoms. The van der Waals surface area contributed by atoms with E-state index in [0.29, 0.717) is 18.8 Å². The number of nitrogens with zero attached hydrogens (tertiary/aromatic N) is 6. The Kier molecular flexibility index (Phi) is 5.31. The Bertz CT molecular complexity index is 911. The molecule has 0 saturated carbocycles. The summed E-state index contributed by atoms with van der Waals surface area (Å²) in [6.45, 7) is 4.50. The molecule has 27 heavy (non-hydrogen) atoms. The number of rotatable bonds is 7. The summed E-state index contributed by atoms with van der Waals surface area (Å²) >= 11 is 0. The number of hydrogen-bond acceptors (Lipinski definition) is 8. The van der Waals surface area contributed by atoms with Crippen molar-refractivity contribution < 1.29 is 22.5 Å². The lowest BCUT2D eigenvalue weighted by molar-refractivity contribution is 0.0738. The van der Waals surface area contributed by atoms with Crippen molar-refractivity contribution in [3.63, 3.8) is 0 Å². The standard InChI is InChI=1S/C15H22N6O5S/c1-10-14(11(2)26-17-10)27(23,24)20-7-12(8-20)21-9-13(16-18-21)15(22)19(3)5-6-25-4/h9,12H,5-8H2,1-4H3. The van der Waals surface area contributed by atoms with Gasteiger partial charge in [-0.05, 0) is 13.8 Å². The molecular formula is C15H22N6O5S. The lowest BCUT2D eigenvalue weighted by Crippen LogP contribution is -2.50. The van der Waals surface area contributed by atoms with E-state index >= 15 is 0 Å². The Labute approximate surface area is 156 Å². The fraction of sp³-hybridized carbons (Fsp3) is 0.600. The first-order valence-electron chi connectivity index (χ1n) is 8.35. The molecule has 0 N–H and O–H groups in total. The van der Waals surface area contributed by atoms with E-state index in [1.807, 2.05) is 0 Å². The molecule has 1 fully saturated rings. The van der Waals surface area contributed by atoms with Crippen molar-refractivity contribution in [3.8, 4) is 0 Å². The Hall–Kier alpha value is -2.31. The van der Waals surface area contributed by atoms with Crippen LogP contribution in [0.4, 0.5) is 0 Å². The molecule has 0 bridgehead atoms. The van der Waals surface area contributed by atoms with Gasteiger partial charge in [-0.3, -0.25) is 4.79 Å². The van der Waals surface area contributed by atoms with E-state index < -0.39 is 10.0 Å². The summed E-state index contributed by atoms with van der Waals surface area (Å²) < 4.78 is 38.2. The fourth-order valence-electron chi connectivity index (χ4n) is 2.83. The number of ether oxygens (including phenoxy) is 1. The van der Waals surface area contributed by atoms with E-state index in [1.54, 1.807) is 28.0 Å². The van der Waals surface area contributed by atoms with E-state index in [0.717, 1.165) is 0 Å². The molecule has 3 rings (SSSR count). The summed E-state index contributed by atoms with van der Waals surface area (Å²) in [5.74, 6) is 0.00140. The Morgan fingerprint density at radius 2 is 2.11 bits per heavy atom. The van der Waals surface area contributed by atoms with Crippen LogP contribution in [0, 0.1) is 13.8 Å². The number of sulfonamides is 1. The minimum Gasteiger partial charge on any atom is -0.383 e. The molecule has 0 aliphatic carbocycles. The minimum absolute atomic E-state index is 0.107. The monoisotopic (exact) mass is 398 g/mol. The number of aromatic nitrogens is 4. The van der Waals surface area contributed by atoms with Crippen molar-refractivity contribution in [2.24, 2.45) is 0 Å². The second kappa shape index (κ2) is 7.37. The van der Waals surface area contributed by atoms with Crippen LogP contribution < -0.4 is 0 Å². The fourth-order valence-corrected chi connectivity index (χ4v) is 4.64. The third-order valence-corrected chi connectivity index (χ3v) is 6.55. The van der Waals surface area contributed by atoms with Gasteiger partial charge in [-0.15, -0.1) is 5.10 Å². The maximum absolute atomic E-state index is 12.7. The van der Waals surface area contributed by atoms with Gasteiger partial charge in [0.05, 0.1) is 18.8 Å². The quantitative estimate of drug-likeness (QED) is 0.631. The number of carbonyl (C=O) groups excluding carboxylic acids is 1. The molecule has 11 nitrogen and oxygen atoms in total. The molecule has 0 unspecified atom stereocenters. The van der Waals surface area contributed by atoms with Crippen LogP contribution in [0.3, 0.4) is 0 Å². The molecule has 1 saturated heterocycles. The van der Waals surface area contributed by atoms with Crippen LogP contribution in [0.15, 0.2) is 15.6 Å². The predicted octanol–water partition coefficient (Wildman–Crippen LogP) is -0.153. The zero-order valence-electron chi connectivity index (χ0n) is 15.6. The van der Waals surface area contributed by atoms with Gasteiger partial charge in [0, 0.05) is 33.8 Å². The smallest absolute Gasteiger partial charge is 0.275 e. The first-order valence-corrected chi connectivity index (χ1v) is 9.79. The first-order chi connectivity index (χ1) is 12.8. The van der Waals surface area contributed by atoms with Gasteiger partial charge in [-0.2, -0.15) is 4.31 Å².